The molecule has 0 aliphatic heterocycles. The van der Waals surface area contributed by atoms with Crippen LogP contribution < -0.4 is 10.1 Å². The number of hydrogen-bond acceptors (Lipinski definition) is 4. The fourth-order valence-electron chi connectivity index (χ4n) is 1.61. The summed E-state index contributed by atoms with van der Waals surface area (Å²) in [6.45, 7) is -1.72. The highest BCUT2D eigenvalue weighted by molar-refractivity contribution is 5.27. The van der Waals surface area contributed by atoms with E-state index in [0.717, 1.165) is 5.56 Å². The Hall–Kier alpha value is -1.10. The summed E-state index contributed by atoms with van der Waals surface area (Å²) in [6, 6.07) is 6.40. The van der Waals surface area contributed by atoms with Crippen LogP contribution in [0.3, 0.4) is 0 Å². The first-order valence-electron chi connectivity index (χ1n) is 11.8. The standard InChI is InChI=1S/C18H29NO3/c1-14(2)19-11-17(20)13-22-18-7-5-15(6-8-18)9-10-21-12-16-3-4-16/h5-8,14,16-17,19-20H,3-4,9-13H2,1-2H3/i3D2,4D2,11D2,12D2,16D. The van der Waals surface area contributed by atoms with Crippen molar-refractivity contribution < 1.29 is 26.9 Å². The molecule has 2 rings (SSSR count). The van der Waals surface area contributed by atoms with Crippen LogP contribution in [0.1, 0.15) is 44.5 Å². The van der Waals surface area contributed by atoms with Crippen molar-refractivity contribution in [3.63, 3.8) is 0 Å². The van der Waals surface area contributed by atoms with Gasteiger partial charge in [0, 0.05) is 28.7 Å². The van der Waals surface area contributed by atoms with Crippen LogP contribution in [-0.2, 0) is 11.2 Å². The van der Waals surface area contributed by atoms with Crippen molar-refractivity contribution in [2.75, 3.05) is 26.3 Å². The third-order valence-corrected chi connectivity index (χ3v) is 2.79. The lowest BCUT2D eigenvalue weighted by Gasteiger charge is -2.15. The molecular formula is C18H29NO3. The van der Waals surface area contributed by atoms with E-state index in [1.54, 1.807) is 38.1 Å². The van der Waals surface area contributed by atoms with Gasteiger partial charge < -0.3 is 19.9 Å². The number of aliphatic hydroxyl groups is 1. The first-order chi connectivity index (χ1) is 14.0. The van der Waals surface area contributed by atoms with Gasteiger partial charge in [-0.15, -0.1) is 0 Å². The van der Waals surface area contributed by atoms with Gasteiger partial charge in [0.2, 0.25) is 0 Å². The molecule has 22 heavy (non-hydrogen) atoms. The molecule has 1 atom stereocenters. The molecule has 1 aliphatic carbocycles. The van der Waals surface area contributed by atoms with E-state index in [9.17, 15) is 5.11 Å². The van der Waals surface area contributed by atoms with E-state index >= 15 is 0 Å². The van der Waals surface area contributed by atoms with Gasteiger partial charge >= 0.3 is 0 Å². The van der Waals surface area contributed by atoms with E-state index in [-0.39, 0.29) is 25.7 Å². The third kappa shape index (κ3) is 7.25. The maximum Gasteiger partial charge on any atom is 0.119 e. The third-order valence-electron chi connectivity index (χ3n) is 2.79. The van der Waals surface area contributed by atoms with Crippen molar-refractivity contribution in [2.45, 2.75) is 45.2 Å². The van der Waals surface area contributed by atoms with E-state index < -0.39 is 37.8 Å². The zero-order valence-corrected chi connectivity index (χ0v) is 12.8. The lowest BCUT2D eigenvalue weighted by atomic mass is 10.1. The Labute approximate surface area is 146 Å². The molecule has 0 spiro atoms. The maximum absolute atomic E-state index is 10.00. The summed E-state index contributed by atoms with van der Waals surface area (Å²) < 4.78 is 79.9. The van der Waals surface area contributed by atoms with Crippen LogP contribution in [0.5, 0.6) is 5.75 Å². The van der Waals surface area contributed by atoms with Gasteiger partial charge in [0.15, 0.2) is 0 Å². The monoisotopic (exact) mass is 316 g/mol. The summed E-state index contributed by atoms with van der Waals surface area (Å²) in [5.41, 5.74) is 0.737. The van der Waals surface area contributed by atoms with Gasteiger partial charge in [-0.05, 0) is 42.8 Å². The van der Waals surface area contributed by atoms with Crippen molar-refractivity contribution in [3.8, 4) is 5.75 Å². The van der Waals surface area contributed by atoms with Crippen LogP contribution >= 0.6 is 0 Å². The van der Waals surface area contributed by atoms with Crippen LogP contribution in [-0.4, -0.2) is 43.5 Å². The second kappa shape index (κ2) is 9.13. The van der Waals surface area contributed by atoms with Crippen molar-refractivity contribution in [1.82, 2.24) is 5.32 Å². The molecule has 4 heteroatoms. The van der Waals surface area contributed by atoms with Crippen LogP contribution in [0, 0.1) is 5.89 Å². The summed E-state index contributed by atoms with van der Waals surface area (Å²) in [6.07, 6.45) is -6.43. The van der Waals surface area contributed by atoms with Gasteiger partial charge in [0.1, 0.15) is 18.5 Å². The summed E-state index contributed by atoms with van der Waals surface area (Å²) in [7, 11) is 0. The summed E-state index contributed by atoms with van der Waals surface area (Å²) in [4.78, 5) is 0. The number of rotatable bonds is 11. The second-order valence-corrected chi connectivity index (χ2v) is 5.24. The lowest BCUT2D eigenvalue weighted by molar-refractivity contribution is 0.104. The Morgan fingerprint density at radius 2 is 2.14 bits per heavy atom. The molecule has 1 fully saturated rings. The Morgan fingerprint density at radius 1 is 1.41 bits per heavy atom. The van der Waals surface area contributed by atoms with Crippen LogP contribution in [0.25, 0.3) is 0 Å². The molecule has 0 aromatic heterocycles. The van der Waals surface area contributed by atoms with Crippen LogP contribution in [0.2, 0.25) is 0 Å². The van der Waals surface area contributed by atoms with Crippen molar-refractivity contribution in [1.29, 1.82) is 0 Å². The van der Waals surface area contributed by atoms with Gasteiger partial charge in [-0.3, -0.25) is 0 Å². The van der Waals surface area contributed by atoms with Gasteiger partial charge in [-0.2, -0.15) is 0 Å². The molecule has 0 amide bonds. The zero-order chi connectivity index (χ0) is 23.9. The van der Waals surface area contributed by atoms with Gasteiger partial charge in [-0.25, -0.2) is 0 Å². The van der Waals surface area contributed by atoms with E-state index in [1.165, 1.54) is 0 Å². The minimum atomic E-state index is -2.80. The first kappa shape index (κ1) is 8.67. The first-order valence-corrected chi connectivity index (χ1v) is 7.31. The van der Waals surface area contributed by atoms with Gasteiger partial charge in [0.25, 0.3) is 0 Å². The average molecular weight is 316 g/mol. The number of ether oxygens (including phenoxy) is 2. The summed E-state index contributed by atoms with van der Waals surface area (Å²) >= 11 is 0. The Morgan fingerprint density at radius 3 is 2.77 bits per heavy atom. The van der Waals surface area contributed by atoms with Crippen molar-refractivity contribution >= 4 is 0 Å². The molecule has 2 N–H and O–H groups in total. The van der Waals surface area contributed by atoms with Crippen LogP contribution in [0.4, 0.5) is 0 Å². The highest BCUT2D eigenvalue weighted by Gasteiger charge is 2.20. The Balaban J connectivity index is 1.84. The number of nitrogens with one attached hydrogen (secondary N) is 1. The fraction of sp³-hybridized carbons (Fsp3) is 0.667. The largest absolute Gasteiger partial charge is 0.491 e. The fourth-order valence-corrected chi connectivity index (χ4v) is 1.61. The molecule has 124 valence electrons. The predicted octanol–water partition coefficient (Wildman–Crippen LogP) is 2.39. The van der Waals surface area contributed by atoms with E-state index in [2.05, 4.69) is 5.32 Å². The minimum absolute atomic E-state index is 0.153. The van der Waals surface area contributed by atoms with Gasteiger partial charge in [0.05, 0.1) is 9.35 Å². The molecule has 4 nitrogen and oxygen atoms in total. The molecule has 1 aliphatic rings. The predicted molar refractivity (Wildman–Crippen MR) is 88.3 cm³/mol. The van der Waals surface area contributed by atoms with E-state index in [0.29, 0.717) is 5.75 Å². The van der Waals surface area contributed by atoms with E-state index in [4.69, 9.17) is 21.8 Å². The number of aliphatic hydroxyl groups excluding tert-OH is 1. The quantitative estimate of drug-likeness (QED) is 0.658. The Bertz CT molecular complexity index is 742. The topological polar surface area (TPSA) is 50.7 Å². The van der Waals surface area contributed by atoms with Crippen molar-refractivity contribution in [3.05, 3.63) is 29.8 Å². The molecule has 0 bridgehead atoms. The van der Waals surface area contributed by atoms with E-state index in [1.807, 2.05) is 0 Å². The molecule has 0 saturated heterocycles. The zero-order valence-electron chi connectivity index (χ0n) is 21.8. The highest BCUT2D eigenvalue weighted by atomic mass is 16.5. The minimum Gasteiger partial charge on any atom is -0.491 e. The molecule has 1 aromatic rings. The SMILES string of the molecule is [2H]C([2H])(NC(C)C)C(O)COc1ccc(CCOC([2H])([2H])C2([2H])C([2H])([2H])C2([2H])[2H])cc1. The molecular weight excluding hydrogens is 278 g/mol. The normalized spacial score (nSPS) is 29.4. The lowest BCUT2D eigenvalue weighted by Crippen LogP contribution is -2.35. The van der Waals surface area contributed by atoms with Crippen molar-refractivity contribution in [2.24, 2.45) is 5.89 Å². The van der Waals surface area contributed by atoms with Crippen LogP contribution in [0.15, 0.2) is 24.3 Å². The second-order valence-electron chi connectivity index (χ2n) is 5.24. The summed E-state index contributed by atoms with van der Waals surface area (Å²) in [5.74, 6) is -2.23. The maximum atomic E-state index is 10.00. The number of hydrogen-bond donors (Lipinski definition) is 2. The highest BCUT2D eigenvalue weighted by Crippen LogP contribution is 2.28. The molecule has 0 heterocycles. The molecule has 1 saturated carbocycles. The molecule has 1 unspecified atom stereocenters. The summed E-state index contributed by atoms with van der Waals surface area (Å²) in [5, 5.41) is 12.6. The smallest absolute Gasteiger partial charge is 0.119 e. The van der Waals surface area contributed by atoms with Gasteiger partial charge in [-0.1, -0.05) is 26.0 Å². The number of benzene rings is 1. The molecule has 1 aromatic carbocycles. The average Bonchev–Trinajstić information content (AvgIpc) is 2.97. The molecule has 0 radical (unpaired) electrons. The Kier molecular flexibility index (Phi) is 3.60.